The molecule has 0 aromatic carbocycles. The highest BCUT2D eigenvalue weighted by Gasteiger charge is 2.24. The molecule has 2 heterocycles. The number of hydrogen-bond acceptors (Lipinski definition) is 7. The Balaban J connectivity index is 1.87. The number of amides is 1. The lowest BCUT2D eigenvalue weighted by Crippen LogP contribution is -2.33. The van der Waals surface area contributed by atoms with E-state index in [-0.39, 0.29) is 16.7 Å². The van der Waals surface area contributed by atoms with Crippen molar-refractivity contribution in [1.82, 2.24) is 19.8 Å². The van der Waals surface area contributed by atoms with E-state index >= 15 is 0 Å². The van der Waals surface area contributed by atoms with Crippen LogP contribution in [-0.4, -0.2) is 66.5 Å². The minimum Gasteiger partial charge on any atom is -0.385 e. The maximum absolute atomic E-state index is 13.5. The molecule has 0 saturated heterocycles. The number of nitrogens with zero attached hydrogens (tertiary/aromatic N) is 3. The van der Waals surface area contributed by atoms with Crippen LogP contribution >= 0.6 is 23.1 Å². The van der Waals surface area contributed by atoms with Crippen molar-refractivity contribution in [2.75, 3.05) is 40.9 Å². The third-order valence-electron chi connectivity index (χ3n) is 5.50. The molecule has 1 aliphatic carbocycles. The van der Waals surface area contributed by atoms with Gasteiger partial charge in [-0.15, -0.1) is 11.3 Å². The Kier molecular flexibility index (Phi) is 8.95. The molecule has 2 aromatic heterocycles. The average molecular weight is 467 g/mol. The van der Waals surface area contributed by atoms with Crippen LogP contribution in [0.4, 0.5) is 0 Å². The van der Waals surface area contributed by atoms with Gasteiger partial charge >= 0.3 is 0 Å². The minimum atomic E-state index is -0.332. The van der Waals surface area contributed by atoms with E-state index < -0.39 is 0 Å². The normalized spacial score (nSPS) is 14.7. The van der Waals surface area contributed by atoms with Gasteiger partial charge in [0.2, 0.25) is 5.91 Å². The lowest BCUT2D eigenvalue weighted by Gasteiger charge is -2.17. The summed E-state index contributed by atoms with van der Waals surface area (Å²) < 4.78 is 6.83. The van der Waals surface area contributed by atoms with Gasteiger partial charge in [0.05, 0.1) is 10.6 Å². The van der Waals surface area contributed by atoms with E-state index in [1.165, 1.54) is 28.6 Å². The first kappa shape index (κ1) is 24.2. The first-order chi connectivity index (χ1) is 14.9. The highest BCUT2D eigenvalue weighted by atomic mass is 32.2. The summed E-state index contributed by atoms with van der Waals surface area (Å²) >= 11 is 3.04. The maximum Gasteiger partial charge on any atom is 0.263 e. The molecule has 9 heteroatoms. The Morgan fingerprint density at radius 3 is 2.84 bits per heavy atom. The molecule has 1 amide bonds. The second kappa shape index (κ2) is 11.4. The number of nitrogens with one attached hydrogen (secondary N) is 1. The lowest BCUT2D eigenvalue weighted by molar-refractivity contribution is -0.120. The van der Waals surface area contributed by atoms with E-state index in [0.29, 0.717) is 24.9 Å². The van der Waals surface area contributed by atoms with E-state index in [0.717, 1.165) is 48.9 Å². The fourth-order valence-corrected chi connectivity index (χ4v) is 6.10. The monoisotopic (exact) mass is 466 g/mol. The van der Waals surface area contributed by atoms with Crippen molar-refractivity contribution in [2.45, 2.75) is 62.4 Å². The van der Waals surface area contributed by atoms with Gasteiger partial charge in [-0.25, -0.2) is 4.98 Å². The summed E-state index contributed by atoms with van der Waals surface area (Å²) in [6, 6.07) is 0. The lowest BCUT2D eigenvalue weighted by atomic mass is 9.97. The van der Waals surface area contributed by atoms with Gasteiger partial charge in [0.1, 0.15) is 4.83 Å². The van der Waals surface area contributed by atoms with Gasteiger partial charge in [-0.1, -0.05) is 11.8 Å². The summed E-state index contributed by atoms with van der Waals surface area (Å²) in [7, 11) is 5.72. The molecule has 172 valence electrons. The smallest absolute Gasteiger partial charge is 0.263 e. The fourth-order valence-electron chi connectivity index (χ4n) is 3.84. The molecule has 0 aliphatic heterocycles. The molecular formula is C22H34N4O3S2. The van der Waals surface area contributed by atoms with Crippen molar-refractivity contribution in [2.24, 2.45) is 0 Å². The molecule has 1 atom stereocenters. The quantitative estimate of drug-likeness (QED) is 0.312. The molecule has 0 fully saturated rings. The van der Waals surface area contributed by atoms with Gasteiger partial charge in [0.25, 0.3) is 5.56 Å². The Morgan fingerprint density at radius 2 is 2.10 bits per heavy atom. The molecule has 1 unspecified atom stereocenters. The Hall–Kier alpha value is -1.42. The molecule has 0 radical (unpaired) electrons. The third kappa shape index (κ3) is 6.09. The van der Waals surface area contributed by atoms with Crippen molar-refractivity contribution in [3.8, 4) is 0 Å². The topological polar surface area (TPSA) is 76.5 Å². The van der Waals surface area contributed by atoms with Crippen molar-refractivity contribution in [1.29, 1.82) is 0 Å². The molecule has 1 aliphatic rings. The van der Waals surface area contributed by atoms with Crippen LogP contribution in [0.25, 0.3) is 10.2 Å². The highest BCUT2D eigenvalue weighted by molar-refractivity contribution is 8.00. The van der Waals surface area contributed by atoms with Crippen LogP contribution in [-0.2, 0) is 28.9 Å². The summed E-state index contributed by atoms with van der Waals surface area (Å²) in [6.45, 7) is 4.57. The third-order valence-corrected chi connectivity index (χ3v) is 7.78. The predicted octanol–water partition coefficient (Wildman–Crippen LogP) is 2.92. The number of methoxy groups -OCH3 is 1. The van der Waals surface area contributed by atoms with Gasteiger partial charge < -0.3 is 15.0 Å². The van der Waals surface area contributed by atoms with Gasteiger partial charge in [-0.3, -0.25) is 14.2 Å². The van der Waals surface area contributed by atoms with Gasteiger partial charge in [-0.05, 0) is 71.7 Å². The first-order valence-corrected chi connectivity index (χ1v) is 12.7. The van der Waals surface area contributed by atoms with E-state index in [4.69, 9.17) is 9.72 Å². The molecule has 31 heavy (non-hydrogen) atoms. The number of thiophene rings is 1. The summed E-state index contributed by atoms with van der Waals surface area (Å²) in [5, 5.41) is 4.07. The van der Waals surface area contributed by atoms with E-state index in [1.54, 1.807) is 23.0 Å². The average Bonchev–Trinajstić information content (AvgIpc) is 3.11. The fraction of sp³-hybridized carbons (Fsp3) is 0.682. The standard InChI is InChI=1S/C22H34N4O3S2/c1-15(19(27)23-11-7-14-29-4)30-22-24-20-18(16-9-5-6-10-17(16)31-20)21(28)26(22)13-8-12-25(2)3/h15H,5-14H2,1-4H3,(H,23,27). The number of carbonyl (C=O) groups is 1. The van der Waals surface area contributed by atoms with Crippen LogP contribution in [0.15, 0.2) is 9.95 Å². The zero-order chi connectivity index (χ0) is 22.4. The molecule has 0 bridgehead atoms. The number of carbonyl (C=O) groups excluding carboxylic acids is 1. The van der Waals surface area contributed by atoms with Gasteiger partial charge in [0, 0.05) is 31.7 Å². The molecule has 0 saturated carbocycles. The molecule has 0 spiro atoms. The molecule has 2 aromatic rings. The summed E-state index contributed by atoms with van der Waals surface area (Å²) in [5.74, 6) is -0.0410. The van der Waals surface area contributed by atoms with Crippen molar-refractivity contribution >= 4 is 39.2 Å². The Bertz CT molecular complexity index is 954. The molecular weight excluding hydrogens is 432 g/mol. The van der Waals surface area contributed by atoms with Crippen LogP contribution in [0.1, 0.15) is 43.0 Å². The van der Waals surface area contributed by atoms with Crippen LogP contribution < -0.4 is 10.9 Å². The molecule has 7 nitrogen and oxygen atoms in total. The minimum absolute atomic E-state index is 0.0410. The van der Waals surface area contributed by atoms with Crippen LogP contribution in [0, 0.1) is 0 Å². The van der Waals surface area contributed by atoms with Crippen molar-refractivity contribution < 1.29 is 9.53 Å². The van der Waals surface area contributed by atoms with Gasteiger partial charge in [-0.2, -0.15) is 0 Å². The predicted molar refractivity (Wildman–Crippen MR) is 129 cm³/mol. The zero-order valence-electron chi connectivity index (χ0n) is 19.0. The molecule has 1 N–H and O–H groups in total. The largest absolute Gasteiger partial charge is 0.385 e. The van der Waals surface area contributed by atoms with E-state index in [1.807, 2.05) is 21.0 Å². The summed E-state index contributed by atoms with van der Waals surface area (Å²) in [5.41, 5.74) is 1.27. The summed E-state index contributed by atoms with van der Waals surface area (Å²) in [6.07, 6.45) is 5.96. The number of ether oxygens (including phenoxy) is 1. The van der Waals surface area contributed by atoms with Crippen molar-refractivity contribution in [3.05, 3.63) is 20.8 Å². The number of thioether (sulfide) groups is 1. The number of aromatic nitrogens is 2. The van der Waals surface area contributed by atoms with E-state index in [9.17, 15) is 9.59 Å². The molecule has 3 rings (SSSR count). The first-order valence-electron chi connectivity index (χ1n) is 11.1. The zero-order valence-corrected chi connectivity index (χ0v) is 20.7. The second-order valence-electron chi connectivity index (χ2n) is 8.30. The maximum atomic E-state index is 13.5. The number of rotatable bonds is 11. The van der Waals surface area contributed by atoms with Crippen LogP contribution in [0.2, 0.25) is 0 Å². The van der Waals surface area contributed by atoms with Gasteiger partial charge in [0.15, 0.2) is 5.16 Å². The van der Waals surface area contributed by atoms with Crippen LogP contribution in [0.5, 0.6) is 0 Å². The van der Waals surface area contributed by atoms with Crippen molar-refractivity contribution in [3.63, 3.8) is 0 Å². The van der Waals surface area contributed by atoms with E-state index in [2.05, 4.69) is 10.2 Å². The number of fused-ring (bicyclic) bond motifs is 3. The Labute approximate surface area is 192 Å². The van der Waals surface area contributed by atoms with Crippen LogP contribution in [0.3, 0.4) is 0 Å². The second-order valence-corrected chi connectivity index (χ2v) is 10.7. The Morgan fingerprint density at radius 1 is 1.32 bits per heavy atom. The summed E-state index contributed by atoms with van der Waals surface area (Å²) in [4.78, 5) is 35.2. The number of hydrogen-bond donors (Lipinski definition) is 1. The SMILES string of the molecule is COCCCNC(=O)C(C)Sc1nc2sc3c(c2c(=O)n1CCCN(C)C)CCCC3. The number of aryl methyl sites for hydroxylation is 2. The highest BCUT2D eigenvalue weighted by Crippen LogP contribution is 2.35.